The number of carboxylic acids is 1. The lowest BCUT2D eigenvalue weighted by molar-refractivity contribution is -0.141. The summed E-state index contributed by atoms with van der Waals surface area (Å²) in [5, 5.41) is 8.48. The van der Waals surface area contributed by atoms with Crippen molar-refractivity contribution >= 4 is 5.97 Å². The number of rotatable bonds is 1. The van der Waals surface area contributed by atoms with E-state index in [1.54, 1.807) is 4.90 Å². The summed E-state index contributed by atoms with van der Waals surface area (Å²) in [6.07, 6.45) is 0.749. The molecule has 0 bridgehead atoms. The summed E-state index contributed by atoms with van der Waals surface area (Å²) in [4.78, 5) is 12.1. The highest BCUT2D eigenvalue weighted by Crippen LogP contribution is 2.14. The van der Waals surface area contributed by atoms with Crippen LogP contribution in [0.4, 0.5) is 0 Å². The Morgan fingerprint density at radius 2 is 2.44 bits per heavy atom. The van der Waals surface area contributed by atoms with Gasteiger partial charge in [-0.25, -0.2) is 0 Å². The number of aliphatic carboxylic acids is 1. The van der Waals surface area contributed by atoms with Crippen LogP contribution in [0, 0.1) is 13.0 Å². The van der Waals surface area contributed by atoms with Gasteiger partial charge in [0.1, 0.15) is 0 Å². The van der Waals surface area contributed by atoms with Gasteiger partial charge in [-0.1, -0.05) is 0 Å². The van der Waals surface area contributed by atoms with Crippen LogP contribution >= 0.6 is 0 Å². The van der Waals surface area contributed by atoms with Gasteiger partial charge in [-0.05, 0) is 13.0 Å². The maximum absolute atomic E-state index is 10.3. The second-order valence-corrected chi connectivity index (χ2v) is 2.40. The van der Waals surface area contributed by atoms with Gasteiger partial charge in [-0.3, -0.25) is 4.79 Å². The van der Waals surface area contributed by atoms with Gasteiger partial charge >= 0.3 is 5.97 Å². The van der Waals surface area contributed by atoms with E-state index in [-0.39, 0.29) is 5.92 Å². The van der Waals surface area contributed by atoms with Crippen LogP contribution in [0.1, 0.15) is 6.42 Å². The molecule has 0 spiro atoms. The van der Waals surface area contributed by atoms with Crippen LogP contribution in [0.3, 0.4) is 0 Å². The topological polar surface area (TPSA) is 40.5 Å². The average Bonchev–Trinajstić information content (AvgIpc) is 2.14. The SMILES string of the molecule is [CH2]N1CC[C@H](C(=O)O)C1. The molecule has 51 valence electrons. The standard InChI is InChI=1S/C6H10NO2/c1-7-3-2-5(4-7)6(8)9/h5H,1-4H2,(H,8,9)/t5-/m0/s1. The molecule has 1 fully saturated rings. The van der Waals surface area contributed by atoms with E-state index in [4.69, 9.17) is 5.11 Å². The minimum absolute atomic E-state index is 0.178. The molecule has 1 aliphatic heterocycles. The lowest BCUT2D eigenvalue weighted by Gasteiger charge is -2.03. The molecule has 1 rings (SSSR count). The van der Waals surface area contributed by atoms with Gasteiger partial charge in [0.2, 0.25) is 0 Å². The molecule has 9 heavy (non-hydrogen) atoms. The summed E-state index contributed by atoms with van der Waals surface area (Å²) in [6, 6.07) is 0. The van der Waals surface area contributed by atoms with E-state index in [2.05, 4.69) is 7.05 Å². The van der Waals surface area contributed by atoms with Crippen molar-refractivity contribution in [2.75, 3.05) is 13.1 Å². The quantitative estimate of drug-likeness (QED) is 0.547. The highest BCUT2D eigenvalue weighted by Gasteiger charge is 2.25. The number of carbonyl (C=O) groups is 1. The van der Waals surface area contributed by atoms with Gasteiger partial charge < -0.3 is 10.0 Å². The van der Waals surface area contributed by atoms with Crippen molar-refractivity contribution < 1.29 is 9.90 Å². The first-order valence-electron chi connectivity index (χ1n) is 2.98. The second-order valence-electron chi connectivity index (χ2n) is 2.40. The predicted octanol–water partition coefficient (Wildman–Crippen LogP) is 0.184. The zero-order chi connectivity index (χ0) is 6.85. The molecule has 1 radical (unpaired) electrons. The van der Waals surface area contributed by atoms with Crippen molar-refractivity contribution in [2.24, 2.45) is 5.92 Å². The summed E-state index contributed by atoms with van der Waals surface area (Å²) in [7, 11) is 3.64. The molecular weight excluding hydrogens is 118 g/mol. The van der Waals surface area contributed by atoms with Crippen molar-refractivity contribution in [1.29, 1.82) is 0 Å². The molecule has 0 aromatic carbocycles. The highest BCUT2D eigenvalue weighted by atomic mass is 16.4. The van der Waals surface area contributed by atoms with Gasteiger partial charge in [-0.15, -0.1) is 0 Å². The minimum atomic E-state index is -0.693. The molecule has 0 aromatic heterocycles. The lowest BCUT2D eigenvalue weighted by atomic mass is 10.1. The molecule has 1 saturated heterocycles. The van der Waals surface area contributed by atoms with Crippen LogP contribution in [-0.2, 0) is 4.79 Å². The van der Waals surface area contributed by atoms with Crippen molar-refractivity contribution in [3.8, 4) is 0 Å². The highest BCUT2D eigenvalue weighted by molar-refractivity contribution is 5.70. The van der Waals surface area contributed by atoms with Gasteiger partial charge in [0.15, 0.2) is 0 Å². The van der Waals surface area contributed by atoms with Gasteiger partial charge in [0, 0.05) is 13.6 Å². The molecule has 1 aliphatic rings. The van der Waals surface area contributed by atoms with Crippen LogP contribution in [0.5, 0.6) is 0 Å². The maximum atomic E-state index is 10.3. The number of hydrogen-bond donors (Lipinski definition) is 1. The van der Waals surface area contributed by atoms with E-state index in [0.717, 1.165) is 13.0 Å². The minimum Gasteiger partial charge on any atom is -0.481 e. The fourth-order valence-corrected chi connectivity index (χ4v) is 1.03. The van der Waals surface area contributed by atoms with E-state index in [1.165, 1.54) is 0 Å². The largest absolute Gasteiger partial charge is 0.481 e. The van der Waals surface area contributed by atoms with Crippen LogP contribution in [0.15, 0.2) is 0 Å². The number of nitrogens with zero attached hydrogens (tertiary/aromatic N) is 1. The van der Waals surface area contributed by atoms with Crippen LogP contribution in [0.25, 0.3) is 0 Å². The summed E-state index contributed by atoms with van der Waals surface area (Å²) in [6.45, 7) is 1.42. The molecule has 0 unspecified atom stereocenters. The predicted molar refractivity (Wildman–Crippen MR) is 32.7 cm³/mol. The van der Waals surface area contributed by atoms with E-state index >= 15 is 0 Å². The third-order valence-electron chi connectivity index (χ3n) is 1.62. The van der Waals surface area contributed by atoms with Crippen LogP contribution in [0.2, 0.25) is 0 Å². The zero-order valence-electron chi connectivity index (χ0n) is 5.21. The molecule has 1 heterocycles. The Morgan fingerprint density at radius 3 is 2.67 bits per heavy atom. The van der Waals surface area contributed by atoms with Crippen molar-refractivity contribution in [2.45, 2.75) is 6.42 Å². The molecule has 0 aromatic rings. The van der Waals surface area contributed by atoms with Crippen LogP contribution in [-0.4, -0.2) is 29.1 Å². The summed E-state index contributed by atoms with van der Waals surface area (Å²) in [5.74, 6) is -0.872. The van der Waals surface area contributed by atoms with Crippen molar-refractivity contribution in [3.63, 3.8) is 0 Å². The van der Waals surface area contributed by atoms with Crippen molar-refractivity contribution in [1.82, 2.24) is 4.90 Å². The van der Waals surface area contributed by atoms with Crippen molar-refractivity contribution in [3.05, 3.63) is 7.05 Å². The first-order chi connectivity index (χ1) is 4.20. The first kappa shape index (κ1) is 6.55. The molecule has 3 nitrogen and oxygen atoms in total. The average molecular weight is 128 g/mol. The summed E-state index contributed by atoms with van der Waals surface area (Å²) >= 11 is 0. The fourth-order valence-electron chi connectivity index (χ4n) is 1.03. The fraction of sp³-hybridized carbons (Fsp3) is 0.667. The van der Waals surface area contributed by atoms with E-state index in [0.29, 0.717) is 6.54 Å². The molecule has 1 N–H and O–H groups in total. The molecule has 0 aliphatic carbocycles. The zero-order valence-corrected chi connectivity index (χ0v) is 5.21. The number of likely N-dealkylation sites (tertiary alicyclic amines) is 1. The Morgan fingerprint density at radius 1 is 1.78 bits per heavy atom. The molecule has 1 atom stereocenters. The Bertz CT molecular complexity index is 124. The Balaban J connectivity index is 2.39. The number of hydrogen-bond acceptors (Lipinski definition) is 2. The van der Waals surface area contributed by atoms with Gasteiger partial charge in [-0.2, -0.15) is 0 Å². The smallest absolute Gasteiger partial charge is 0.307 e. The number of carboxylic acid groups (broad SMARTS) is 1. The van der Waals surface area contributed by atoms with E-state index in [9.17, 15) is 4.79 Å². The summed E-state index contributed by atoms with van der Waals surface area (Å²) in [5.41, 5.74) is 0. The third-order valence-corrected chi connectivity index (χ3v) is 1.62. The Labute approximate surface area is 54.3 Å². The van der Waals surface area contributed by atoms with Gasteiger partial charge in [0.05, 0.1) is 5.92 Å². The lowest BCUT2D eigenvalue weighted by Crippen LogP contribution is -2.17. The molecule has 3 heteroatoms. The molecule has 0 saturated carbocycles. The monoisotopic (exact) mass is 128 g/mol. The first-order valence-corrected chi connectivity index (χ1v) is 2.98. The normalized spacial score (nSPS) is 28.8. The maximum Gasteiger partial charge on any atom is 0.307 e. The Kier molecular flexibility index (Phi) is 1.71. The van der Waals surface area contributed by atoms with Crippen LogP contribution < -0.4 is 0 Å². The molecule has 0 amide bonds. The van der Waals surface area contributed by atoms with E-state index < -0.39 is 5.97 Å². The van der Waals surface area contributed by atoms with Gasteiger partial charge in [0.25, 0.3) is 0 Å². The van der Waals surface area contributed by atoms with E-state index in [1.807, 2.05) is 0 Å². The molecular formula is C6H10NO2. The summed E-state index contributed by atoms with van der Waals surface area (Å²) < 4.78 is 0. The second kappa shape index (κ2) is 2.35. The Hall–Kier alpha value is -0.570. The third kappa shape index (κ3) is 1.42.